The van der Waals surface area contributed by atoms with Crippen LogP contribution in [0.3, 0.4) is 0 Å². The standard InChI is InChI=1S/C23H14Cl2N4O2/c1-13-9-18(14-5-3-2-4-6-14)28-22-19(13)20-21(31-22)23(30)29(12-26-20)27-11-15-7-8-16(24)10-17(15)25/h2-12H,1H3/b27-11-. The molecule has 0 N–H and O–H groups in total. The molecule has 0 radical (unpaired) electrons. The predicted octanol–water partition coefficient (Wildman–Crippen LogP) is 5.70. The van der Waals surface area contributed by atoms with Gasteiger partial charge in [-0.15, -0.1) is 0 Å². The zero-order chi connectivity index (χ0) is 21.5. The average molecular weight is 449 g/mol. The SMILES string of the molecule is Cc1cc(-c2ccccc2)nc2oc3c(=O)n(/N=C\c4ccc(Cl)cc4Cl)cnc3c12. The molecule has 5 rings (SSSR count). The lowest BCUT2D eigenvalue weighted by atomic mass is 10.1. The Kier molecular flexibility index (Phi) is 4.81. The number of halogens is 2. The zero-order valence-electron chi connectivity index (χ0n) is 16.2. The molecule has 8 heteroatoms. The Balaban J connectivity index is 1.63. The highest BCUT2D eigenvalue weighted by molar-refractivity contribution is 6.36. The molecule has 0 aliphatic carbocycles. The third kappa shape index (κ3) is 3.50. The summed E-state index contributed by atoms with van der Waals surface area (Å²) in [5, 5.41) is 5.84. The maximum absolute atomic E-state index is 13.0. The molecule has 0 spiro atoms. The number of pyridine rings is 1. The van der Waals surface area contributed by atoms with E-state index in [1.54, 1.807) is 18.2 Å². The summed E-state index contributed by atoms with van der Waals surface area (Å²) in [5.41, 5.74) is 3.74. The molecule has 0 unspecified atom stereocenters. The summed E-state index contributed by atoms with van der Waals surface area (Å²) in [6, 6.07) is 16.7. The lowest BCUT2D eigenvalue weighted by Crippen LogP contribution is -2.16. The second-order valence-electron chi connectivity index (χ2n) is 6.96. The van der Waals surface area contributed by atoms with Crippen molar-refractivity contribution < 1.29 is 4.42 Å². The van der Waals surface area contributed by atoms with Crippen molar-refractivity contribution in [2.75, 3.05) is 0 Å². The van der Waals surface area contributed by atoms with Gasteiger partial charge in [-0.05, 0) is 30.7 Å². The Morgan fingerprint density at radius 2 is 1.90 bits per heavy atom. The average Bonchev–Trinajstić information content (AvgIpc) is 3.15. The van der Waals surface area contributed by atoms with Crippen LogP contribution < -0.4 is 5.56 Å². The maximum Gasteiger partial charge on any atom is 0.317 e. The molecule has 0 aliphatic heterocycles. The number of rotatable bonds is 3. The Morgan fingerprint density at radius 3 is 2.68 bits per heavy atom. The molecule has 6 nitrogen and oxygen atoms in total. The Bertz CT molecular complexity index is 1540. The molecular weight excluding hydrogens is 435 g/mol. The van der Waals surface area contributed by atoms with E-state index in [-0.39, 0.29) is 5.58 Å². The van der Waals surface area contributed by atoms with Crippen LogP contribution in [0.4, 0.5) is 0 Å². The van der Waals surface area contributed by atoms with E-state index in [0.29, 0.717) is 32.2 Å². The number of nitrogens with zero attached hydrogens (tertiary/aromatic N) is 4. The summed E-state index contributed by atoms with van der Waals surface area (Å²) < 4.78 is 6.93. The van der Waals surface area contributed by atoms with Crippen molar-refractivity contribution in [3.63, 3.8) is 0 Å². The van der Waals surface area contributed by atoms with Gasteiger partial charge in [0, 0.05) is 16.1 Å². The van der Waals surface area contributed by atoms with Gasteiger partial charge in [0.1, 0.15) is 11.8 Å². The Morgan fingerprint density at radius 1 is 1.10 bits per heavy atom. The number of aromatic nitrogens is 3. The van der Waals surface area contributed by atoms with Crippen LogP contribution >= 0.6 is 23.2 Å². The second kappa shape index (κ2) is 7.65. The first kappa shape index (κ1) is 19.5. The number of fused-ring (bicyclic) bond motifs is 3. The van der Waals surface area contributed by atoms with Gasteiger partial charge in [-0.25, -0.2) is 9.97 Å². The zero-order valence-corrected chi connectivity index (χ0v) is 17.7. The van der Waals surface area contributed by atoms with Gasteiger partial charge in [-0.2, -0.15) is 9.78 Å². The highest BCUT2D eigenvalue weighted by Gasteiger charge is 2.17. The monoisotopic (exact) mass is 448 g/mol. The predicted molar refractivity (Wildman–Crippen MR) is 123 cm³/mol. The Labute approximate surface area is 186 Å². The molecule has 2 aromatic carbocycles. The van der Waals surface area contributed by atoms with Gasteiger partial charge in [0.25, 0.3) is 0 Å². The molecule has 0 aliphatic rings. The topological polar surface area (TPSA) is 73.3 Å². The van der Waals surface area contributed by atoms with E-state index in [2.05, 4.69) is 15.1 Å². The van der Waals surface area contributed by atoms with Crippen molar-refractivity contribution in [2.24, 2.45) is 5.10 Å². The normalized spacial score (nSPS) is 11.7. The van der Waals surface area contributed by atoms with E-state index in [4.69, 9.17) is 27.6 Å². The first-order valence-electron chi connectivity index (χ1n) is 9.37. The summed E-state index contributed by atoms with van der Waals surface area (Å²) >= 11 is 12.1. The maximum atomic E-state index is 13.0. The summed E-state index contributed by atoms with van der Waals surface area (Å²) in [6.45, 7) is 1.94. The van der Waals surface area contributed by atoms with E-state index < -0.39 is 5.56 Å². The third-order valence-electron chi connectivity index (χ3n) is 4.89. The third-order valence-corrected chi connectivity index (χ3v) is 5.45. The van der Waals surface area contributed by atoms with Crippen LogP contribution in [0, 0.1) is 6.92 Å². The van der Waals surface area contributed by atoms with Crippen molar-refractivity contribution in [3.05, 3.63) is 92.5 Å². The fourth-order valence-corrected chi connectivity index (χ4v) is 3.83. The van der Waals surface area contributed by atoms with Crippen molar-refractivity contribution >= 4 is 51.6 Å². The minimum Gasteiger partial charge on any atom is -0.430 e. The van der Waals surface area contributed by atoms with Crippen molar-refractivity contribution in [1.29, 1.82) is 0 Å². The summed E-state index contributed by atoms with van der Waals surface area (Å²) in [5.74, 6) is 0. The second-order valence-corrected chi connectivity index (χ2v) is 7.80. The lowest BCUT2D eigenvalue weighted by Gasteiger charge is -2.02. The number of hydrogen-bond donors (Lipinski definition) is 0. The van der Waals surface area contributed by atoms with Crippen LogP contribution in [0.2, 0.25) is 10.0 Å². The number of furan rings is 1. The molecule has 0 saturated carbocycles. The fraction of sp³-hybridized carbons (Fsp3) is 0.0435. The molecule has 3 aromatic heterocycles. The van der Waals surface area contributed by atoms with E-state index in [1.807, 2.05) is 43.3 Å². The molecule has 0 fully saturated rings. The summed E-state index contributed by atoms with van der Waals surface area (Å²) in [7, 11) is 0. The largest absolute Gasteiger partial charge is 0.430 e. The smallest absolute Gasteiger partial charge is 0.317 e. The fourth-order valence-electron chi connectivity index (χ4n) is 3.37. The van der Waals surface area contributed by atoms with Gasteiger partial charge in [-0.1, -0.05) is 59.6 Å². The quantitative estimate of drug-likeness (QED) is 0.331. The van der Waals surface area contributed by atoms with Gasteiger partial charge in [0.05, 0.1) is 22.3 Å². The van der Waals surface area contributed by atoms with E-state index in [0.717, 1.165) is 21.5 Å². The number of hydrogen-bond acceptors (Lipinski definition) is 5. The van der Waals surface area contributed by atoms with Gasteiger partial charge < -0.3 is 4.42 Å². The summed E-state index contributed by atoms with van der Waals surface area (Å²) in [6.07, 6.45) is 2.82. The van der Waals surface area contributed by atoms with E-state index >= 15 is 0 Å². The molecule has 31 heavy (non-hydrogen) atoms. The van der Waals surface area contributed by atoms with Crippen molar-refractivity contribution in [1.82, 2.24) is 14.6 Å². The van der Waals surface area contributed by atoms with E-state index in [9.17, 15) is 4.79 Å². The number of aryl methyl sites for hydroxylation is 1. The highest BCUT2D eigenvalue weighted by Crippen LogP contribution is 2.30. The highest BCUT2D eigenvalue weighted by atomic mass is 35.5. The van der Waals surface area contributed by atoms with Gasteiger partial charge in [0.2, 0.25) is 11.3 Å². The number of benzene rings is 2. The first-order chi connectivity index (χ1) is 15.0. The van der Waals surface area contributed by atoms with Gasteiger partial charge in [0.15, 0.2) is 0 Å². The first-order valence-corrected chi connectivity index (χ1v) is 10.1. The molecule has 3 heterocycles. The molecule has 0 atom stereocenters. The molecule has 5 aromatic rings. The minimum atomic E-state index is -0.440. The van der Waals surface area contributed by atoms with E-state index in [1.165, 1.54) is 12.5 Å². The van der Waals surface area contributed by atoms with Crippen LogP contribution in [-0.4, -0.2) is 20.9 Å². The summed E-state index contributed by atoms with van der Waals surface area (Å²) in [4.78, 5) is 22.0. The van der Waals surface area contributed by atoms with Gasteiger partial charge in [-0.3, -0.25) is 4.79 Å². The molecule has 0 amide bonds. The molecule has 0 bridgehead atoms. The van der Waals surface area contributed by atoms with Crippen LogP contribution in [0.1, 0.15) is 11.1 Å². The van der Waals surface area contributed by atoms with Crippen LogP contribution in [0.5, 0.6) is 0 Å². The van der Waals surface area contributed by atoms with Crippen molar-refractivity contribution in [2.45, 2.75) is 6.92 Å². The van der Waals surface area contributed by atoms with Crippen molar-refractivity contribution in [3.8, 4) is 11.3 Å². The molecular formula is C23H14Cl2N4O2. The minimum absolute atomic E-state index is 0.0951. The molecule has 0 saturated heterocycles. The van der Waals surface area contributed by atoms with Crippen LogP contribution in [0.25, 0.3) is 33.5 Å². The lowest BCUT2D eigenvalue weighted by molar-refractivity contribution is 0.637. The molecule has 152 valence electrons. The van der Waals surface area contributed by atoms with Gasteiger partial charge >= 0.3 is 5.56 Å². The Hall–Kier alpha value is -3.48. The van der Waals surface area contributed by atoms with Crippen LogP contribution in [0.15, 0.2) is 75.2 Å². The van der Waals surface area contributed by atoms with Crippen LogP contribution in [-0.2, 0) is 0 Å².